The van der Waals surface area contributed by atoms with E-state index in [2.05, 4.69) is 0 Å². The Kier molecular flexibility index (Phi) is 4.93. The number of rotatable bonds is 4. The van der Waals surface area contributed by atoms with E-state index in [0.717, 1.165) is 5.56 Å². The average Bonchev–Trinajstić information content (AvgIpc) is 2.53. The molecule has 21 heavy (non-hydrogen) atoms. The zero-order valence-corrected chi connectivity index (χ0v) is 12.2. The van der Waals surface area contributed by atoms with Gasteiger partial charge in [-0.3, -0.25) is 14.5 Å². The highest BCUT2D eigenvalue weighted by atomic mass is 16.4. The van der Waals surface area contributed by atoms with Crippen LogP contribution in [-0.4, -0.2) is 59.0 Å². The smallest absolute Gasteiger partial charge is 0.320 e. The van der Waals surface area contributed by atoms with Crippen molar-refractivity contribution >= 4 is 11.9 Å². The lowest BCUT2D eigenvalue weighted by Crippen LogP contribution is -2.53. The molecule has 3 N–H and O–H groups in total. The van der Waals surface area contributed by atoms with E-state index in [1.165, 1.54) is 0 Å². The molecule has 1 atom stereocenters. The lowest BCUT2D eigenvalue weighted by molar-refractivity contribution is -0.143. The second-order valence-electron chi connectivity index (χ2n) is 5.24. The Balaban J connectivity index is 1.95. The molecule has 6 heteroatoms. The summed E-state index contributed by atoms with van der Waals surface area (Å²) in [5.41, 5.74) is 7.18. The van der Waals surface area contributed by atoms with Gasteiger partial charge in [-0.1, -0.05) is 12.1 Å². The topological polar surface area (TPSA) is 86.9 Å². The van der Waals surface area contributed by atoms with Crippen LogP contribution < -0.4 is 5.73 Å². The zero-order valence-electron chi connectivity index (χ0n) is 12.2. The molecule has 1 unspecified atom stereocenters. The van der Waals surface area contributed by atoms with E-state index in [-0.39, 0.29) is 5.91 Å². The van der Waals surface area contributed by atoms with Gasteiger partial charge in [0.05, 0.1) is 0 Å². The van der Waals surface area contributed by atoms with Gasteiger partial charge >= 0.3 is 5.97 Å². The van der Waals surface area contributed by atoms with Crippen LogP contribution in [0.2, 0.25) is 0 Å². The molecule has 0 spiro atoms. The third-order valence-electron chi connectivity index (χ3n) is 3.94. The molecule has 2 rings (SSSR count). The summed E-state index contributed by atoms with van der Waals surface area (Å²) in [7, 11) is 0. The average molecular weight is 291 g/mol. The number of amides is 1. The summed E-state index contributed by atoms with van der Waals surface area (Å²) in [4.78, 5) is 27.0. The standard InChI is InChI=1S/C15H21N3O3/c1-11(15(20)21)17-6-8-18(9-7-17)14(19)13-4-2-12(10-16)3-5-13/h2-5,11H,6-10,16H2,1H3,(H,20,21). The van der Waals surface area contributed by atoms with E-state index in [1.807, 2.05) is 17.0 Å². The Hall–Kier alpha value is -1.92. The normalized spacial score (nSPS) is 17.5. The number of nitrogens with zero attached hydrogens (tertiary/aromatic N) is 2. The molecule has 0 saturated carbocycles. The van der Waals surface area contributed by atoms with Crippen molar-refractivity contribution in [2.24, 2.45) is 5.73 Å². The molecule has 1 fully saturated rings. The number of hydrogen-bond acceptors (Lipinski definition) is 4. The van der Waals surface area contributed by atoms with E-state index in [4.69, 9.17) is 10.8 Å². The number of carboxylic acid groups (broad SMARTS) is 1. The van der Waals surface area contributed by atoms with E-state index < -0.39 is 12.0 Å². The van der Waals surface area contributed by atoms with Crippen LogP contribution in [0, 0.1) is 0 Å². The molecule has 1 heterocycles. The quantitative estimate of drug-likeness (QED) is 0.837. The van der Waals surface area contributed by atoms with Gasteiger partial charge in [0.1, 0.15) is 6.04 Å². The fraction of sp³-hybridized carbons (Fsp3) is 0.467. The first-order chi connectivity index (χ1) is 10.0. The van der Waals surface area contributed by atoms with Crippen LogP contribution in [0.4, 0.5) is 0 Å². The first-order valence-electron chi connectivity index (χ1n) is 7.08. The summed E-state index contributed by atoms with van der Waals surface area (Å²) < 4.78 is 0. The van der Waals surface area contributed by atoms with Gasteiger partial charge in [-0.2, -0.15) is 0 Å². The van der Waals surface area contributed by atoms with E-state index in [9.17, 15) is 9.59 Å². The number of aliphatic carboxylic acids is 1. The second kappa shape index (κ2) is 6.69. The van der Waals surface area contributed by atoms with Gasteiger partial charge in [0.15, 0.2) is 0 Å². The first kappa shape index (κ1) is 15.5. The monoisotopic (exact) mass is 291 g/mol. The molecule has 1 aromatic rings. The van der Waals surface area contributed by atoms with Crippen LogP contribution in [0.25, 0.3) is 0 Å². The molecule has 1 amide bonds. The van der Waals surface area contributed by atoms with Crippen LogP contribution >= 0.6 is 0 Å². The third-order valence-corrected chi connectivity index (χ3v) is 3.94. The maximum atomic E-state index is 12.4. The SMILES string of the molecule is CC(C(=O)O)N1CCN(C(=O)c2ccc(CN)cc2)CC1. The minimum Gasteiger partial charge on any atom is -0.480 e. The predicted molar refractivity (Wildman–Crippen MR) is 78.9 cm³/mol. The Morgan fingerprint density at radius 1 is 1.19 bits per heavy atom. The molecule has 0 radical (unpaired) electrons. The van der Waals surface area contributed by atoms with Crippen molar-refractivity contribution in [2.75, 3.05) is 26.2 Å². The van der Waals surface area contributed by atoms with Gasteiger partial charge in [-0.25, -0.2) is 0 Å². The van der Waals surface area contributed by atoms with Crippen molar-refractivity contribution in [1.82, 2.24) is 9.80 Å². The molecule has 0 bridgehead atoms. The number of benzene rings is 1. The van der Waals surface area contributed by atoms with Crippen molar-refractivity contribution in [3.8, 4) is 0 Å². The summed E-state index contributed by atoms with van der Waals surface area (Å²) in [6, 6.07) is 6.78. The molecule has 1 aliphatic heterocycles. The lowest BCUT2D eigenvalue weighted by atomic mass is 10.1. The molecule has 114 valence electrons. The van der Waals surface area contributed by atoms with Crippen molar-refractivity contribution in [3.63, 3.8) is 0 Å². The van der Waals surface area contributed by atoms with Crippen LogP contribution in [0.15, 0.2) is 24.3 Å². The fourth-order valence-corrected chi connectivity index (χ4v) is 2.43. The van der Waals surface area contributed by atoms with Gasteiger partial charge in [0, 0.05) is 38.3 Å². The van der Waals surface area contributed by atoms with Crippen molar-refractivity contribution in [2.45, 2.75) is 19.5 Å². The van der Waals surface area contributed by atoms with Gasteiger partial charge < -0.3 is 15.7 Å². The minimum absolute atomic E-state index is 0.0128. The minimum atomic E-state index is -0.827. The lowest BCUT2D eigenvalue weighted by Gasteiger charge is -2.36. The Labute approximate surface area is 124 Å². The highest BCUT2D eigenvalue weighted by molar-refractivity contribution is 5.94. The van der Waals surface area contributed by atoms with Crippen molar-refractivity contribution in [1.29, 1.82) is 0 Å². The van der Waals surface area contributed by atoms with Gasteiger partial charge in [-0.05, 0) is 24.6 Å². The molecular weight excluding hydrogens is 270 g/mol. The molecule has 1 aliphatic rings. The molecule has 1 aromatic carbocycles. The molecule has 6 nitrogen and oxygen atoms in total. The first-order valence-corrected chi connectivity index (χ1v) is 7.08. The number of carbonyl (C=O) groups is 2. The molecular formula is C15H21N3O3. The van der Waals surface area contributed by atoms with Crippen LogP contribution in [0.5, 0.6) is 0 Å². The predicted octanol–water partition coefficient (Wildman–Crippen LogP) is 0.376. The molecule has 0 aliphatic carbocycles. The second-order valence-corrected chi connectivity index (χ2v) is 5.24. The van der Waals surface area contributed by atoms with E-state index in [0.29, 0.717) is 38.3 Å². The van der Waals surface area contributed by atoms with Crippen LogP contribution in [-0.2, 0) is 11.3 Å². The largest absolute Gasteiger partial charge is 0.480 e. The summed E-state index contributed by atoms with van der Waals surface area (Å²) in [5.74, 6) is -0.839. The highest BCUT2D eigenvalue weighted by Gasteiger charge is 2.27. The Morgan fingerprint density at radius 2 is 1.76 bits per heavy atom. The summed E-state index contributed by atoms with van der Waals surface area (Å²) in [6.07, 6.45) is 0. The fourth-order valence-electron chi connectivity index (χ4n) is 2.43. The van der Waals surface area contributed by atoms with Crippen LogP contribution in [0.3, 0.4) is 0 Å². The van der Waals surface area contributed by atoms with E-state index in [1.54, 1.807) is 24.0 Å². The number of piperazine rings is 1. The van der Waals surface area contributed by atoms with Crippen molar-refractivity contribution < 1.29 is 14.7 Å². The number of hydrogen-bond donors (Lipinski definition) is 2. The summed E-state index contributed by atoms with van der Waals surface area (Å²) in [5, 5.41) is 9.00. The highest BCUT2D eigenvalue weighted by Crippen LogP contribution is 2.12. The molecule has 1 saturated heterocycles. The maximum Gasteiger partial charge on any atom is 0.320 e. The number of carbonyl (C=O) groups excluding carboxylic acids is 1. The van der Waals surface area contributed by atoms with Gasteiger partial charge in [-0.15, -0.1) is 0 Å². The van der Waals surface area contributed by atoms with E-state index >= 15 is 0 Å². The molecule has 0 aromatic heterocycles. The maximum absolute atomic E-state index is 12.4. The Bertz CT molecular complexity index is 507. The third kappa shape index (κ3) is 3.59. The zero-order chi connectivity index (χ0) is 15.4. The summed E-state index contributed by atoms with van der Waals surface area (Å²) in [6.45, 7) is 4.40. The van der Waals surface area contributed by atoms with Crippen LogP contribution in [0.1, 0.15) is 22.8 Å². The van der Waals surface area contributed by atoms with Gasteiger partial charge in [0.25, 0.3) is 5.91 Å². The Morgan fingerprint density at radius 3 is 2.24 bits per heavy atom. The van der Waals surface area contributed by atoms with Crippen molar-refractivity contribution in [3.05, 3.63) is 35.4 Å². The summed E-state index contributed by atoms with van der Waals surface area (Å²) >= 11 is 0. The number of carboxylic acids is 1. The van der Waals surface area contributed by atoms with Gasteiger partial charge in [0.2, 0.25) is 0 Å². The number of nitrogens with two attached hydrogens (primary N) is 1.